The number of rotatable bonds is 1. The average molecular weight is 200 g/mol. The maximum atomic E-state index is 11.3. The van der Waals surface area contributed by atoms with Crippen LogP contribution in [0.15, 0.2) is 4.79 Å². The summed E-state index contributed by atoms with van der Waals surface area (Å²) in [5, 5.41) is 12.8. The summed E-state index contributed by atoms with van der Waals surface area (Å²) in [5.41, 5.74) is 0.367. The van der Waals surface area contributed by atoms with Crippen LogP contribution in [0.3, 0.4) is 0 Å². The van der Waals surface area contributed by atoms with Gasteiger partial charge in [-0.25, -0.2) is 0 Å². The van der Waals surface area contributed by atoms with Crippen molar-refractivity contribution in [2.45, 2.75) is 25.3 Å². The molecular weight excluding hydrogens is 188 g/mol. The zero-order valence-electron chi connectivity index (χ0n) is 7.17. The maximum absolute atomic E-state index is 11.3. The minimum atomic E-state index is -0.151. The molecule has 0 radical (unpaired) electrons. The van der Waals surface area contributed by atoms with E-state index in [0.717, 1.165) is 37.3 Å². The van der Waals surface area contributed by atoms with Crippen molar-refractivity contribution in [2.24, 2.45) is 0 Å². The molecule has 1 saturated heterocycles. The second-order valence-corrected chi connectivity index (χ2v) is 4.05. The Morgan fingerprint density at radius 1 is 1.46 bits per heavy atom. The molecule has 3 N–H and O–H groups in total. The van der Waals surface area contributed by atoms with E-state index in [9.17, 15) is 9.90 Å². The van der Waals surface area contributed by atoms with E-state index in [4.69, 9.17) is 0 Å². The molecule has 1 aliphatic heterocycles. The Balaban J connectivity index is 2.27. The van der Waals surface area contributed by atoms with Crippen molar-refractivity contribution < 1.29 is 5.11 Å². The van der Waals surface area contributed by atoms with E-state index in [1.165, 1.54) is 0 Å². The third-order valence-corrected chi connectivity index (χ3v) is 3.07. The van der Waals surface area contributed by atoms with Gasteiger partial charge in [-0.05, 0) is 30.9 Å². The average Bonchev–Trinajstić information content (AvgIpc) is 2.48. The van der Waals surface area contributed by atoms with Crippen LogP contribution in [0.25, 0.3) is 0 Å². The minimum absolute atomic E-state index is 0.0451. The first-order chi connectivity index (χ1) is 6.29. The van der Waals surface area contributed by atoms with Gasteiger partial charge in [0.05, 0.1) is 5.56 Å². The highest BCUT2D eigenvalue weighted by atomic mass is 32.1. The maximum Gasteiger partial charge on any atom is 0.266 e. The summed E-state index contributed by atoms with van der Waals surface area (Å²) in [6, 6.07) is 0.0451. The largest absolute Gasteiger partial charge is 0.498 e. The molecule has 72 valence electrons. The van der Waals surface area contributed by atoms with Crippen LogP contribution >= 0.6 is 11.5 Å². The standard InChI is InChI=1S/C8H12N2O2S/c11-7-6(8(12)13-10-7)5-3-1-2-4-9-5/h5,9,12H,1-4H2,(H,10,11). The van der Waals surface area contributed by atoms with Crippen LogP contribution < -0.4 is 10.9 Å². The van der Waals surface area contributed by atoms with Crippen molar-refractivity contribution in [3.63, 3.8) is 0 Å². The second-order valence-electron chi connectivity index (χ2n) is 3.25. The lowest BCUT2D eigenvalue weighted by Gasteiger charge is -2.21. The summed E-state index contributed by atoms with van der Waals surface area (Å²) in [5.74, 6) is 0. The van der Waals surface area contributed by atoms with E-state index >= 15 is 0 Å². The molecule has 2 rings (SSSR count). The third-order valence-electron chi connectivity index (χ3n) is 2.37. The highest BCUT2D eigenvalue weighted by Crippen LogP contribution is 2.28. The van der Waals surface area contributed by atoms with Crippen molar-refractivity contribution >= 4 is 11.5 Å². The lowest BCUT2D eigenvalue weighted by atomic mass is 10.00. The van der Waals surface area contributed by atoms with Gasteiger partial charge < -0.3 is 10.4 Å². The monoisotopic (exact) mass is 200 g/mol. The molecule has 0 bridgehead atoms. The van der Waals surface area contributed by atoms with Gasteiger partial charge in [-0.15, -0.1) is 0 Å². The zero-order chi connectivity index (χ0) is 9.26. The summed E-state index contributed by atoms with van der Waals surface area (Å²) >= 11 is 1.00. The number of aromatic nitrogens is 1. The van der Waals surface area contributed by atoms with Gasteiger partial charge in [-0.1, -0.05) is 6.42 Å². The number of aromatic amines is 1. The van der Waals surface area contributed by atoms with Crippen molar-refractivity contribution in [3.8, 4) is 5.06 Å². The Bertz CT molecular complexity index is 338. The Labute approximate surface area is 79.8 Å². The van der Waals surface area contributed by atoms with Crippen LogP contribution in [0.5, 0.6) is 5.06 Å². The molecule has 0 aromatic carbocycles. The lowest BCUT2D eigenvalue weighted by molar-refractivity contribution is 0.394. The summed E-state index contributed by atoms with van der Waals surface area (Å²) < 4.78 is 2.53. The van der Waals surface area contributed by atoms with Gasteiger partial charge in [0.15, 0.2) is 5.06 Å². The van der Waals surface area contributed by atoms with Crippen LogP contribution in [-0.4, -0.2) is 16.0 Å². The van der Waals surface area contributed by atoms with Gasteiger partial charge in [0, 0.05) is 6.04 Å². The molecule has 2 heterocycles. The molecule has 1 aromatic rings. The van der Waals surface area contributed by atoms with Crippen molar-refractivity contribution in [2.75, 3.05) is 6.54 Å². The van der Waals surface area contributed by atoms with Crippen molar-refractivity contribution in [1.29, 1.82) is 0 Å². The highest BCUT2D eigenvalue weighted by molar-refractivity contribution is 7.07. The van der Waals surface area contributed by atoms with Gasteiger partial charge in [0.25, 0.3) is 5.56 Å². The zero-order valence-corrected chi connectivity index (χ0v) is 7.99. The fraction of sp³-hybridized carbons (Fsp3) is 0.625. The number of hydrogen-bond donors (Lipinski definition) is 3. The predicted molar refractivity (Wildman–Crippen MR) is 51.2 cm³/mol. The first-order valence-corrected chi connectivity index (χ1v) is 5.24. The van der Waals surface area contributed by atoms with Crippen molar-refractivity contribution in [3.05, 3.63) is 15.9 Å². The van der Waals surface area contributed by atoms with Crippen molar-refractivity contribution in [1.82, 2.24) is 9.69 Å². The molecule has 0 spiro atoms. The van der Waals surface area contributed by atoms with E-state index in [-0.39, 0.29) is 16.7 Å². The molecule has 4 nitrogen and oxygen atoms in total. The van der Waals surface area contributed by atoms with Crippen LogP contribution in [0.4, 0.5) is 0 Å². The predicted octanol–water partition coefficient (Wildman–Crippen LogP) is 0.957. The Morgan fingerprint density at radius 2 is 2.31 bits per heavy atom. The summed E-state index contributed by atoms with van der Waals surface area (Å²) in [7, 11) is 0. The Kier molecular flexibility index (Phi) is 2.37. The molecule has 13 heavy (non-hydrogen) atoms. The van der Waals surface area contributed by atoms with Gasteiger partial charge >= 0.3 is 0 Å². The first kappa shape index (κ1) is 8.77. The highest BCUT2D eigenvalue weighted by Gasteiger charge is 2.22. The number of aromatic hydroxyl groups is 1. The number of hydrogen-bond acceptors (Lipinski definition) is 4. The summed E-state index contributed by atoms with van der Waals surface area (Å²) in [4.78, 5) is 11.3. The smallest absolute Gasteiger partial charge is 0.266 e. The van der Waals surface area contributed by atoms with Gasteiger partial charge in [0.1, 0.15) is 0 Å². The Hall–Kier alpha value is -0.810. The van der Waals surface area contributed by atoms with Crippen LogP contribution in [0.2, 0.25) is 0 Å². The molecule has 0 aliphatic carbocycles. The van der Waals surface area contributed by atoms with Crippen LogP contribution in [0.1, 0.15) is 30.9 Å². The van der Waals surface area contributed by atoms with Gasteiger partial charge in [0.2, 0.25) is 0 Å². The normalized spacial score (nSPS) is 23.2. The molecule has 0 saturated carbocycles. The van der Waals surface area contributed by atoms with E-state index in [0.29, 0.717) is 5.56 Å². The SMILES string of the molecule is O=c1[nH]sc(O)c1C1CCCCN1. The van der Waals surface area contributed by atoms with Crippen LogP contribution in [0, 0.1) is 0 Å². The van der Waals surface area contributed by atoms with Gasteiger partial charge in [-0.2, -0.15) is 0 Å². The molecular formula is C8H12N2O2S. The second kappa shape index (κ2) is 3.51. The molecule has 1 fully saturated rings. The fourth-order valence-corrected chi connectivity index (χ4v) is 2.35. The van der Waals surface area contributed by atoms with Crippen LogP contribution in [-0.2, 0) is 0 Å². The quantitative estimate of drug-likeness (QED) is 0.632. The number of piperidine rings is 1. The van der Waals surface area contributed by atoms with Gasteiger partial charge in [-0.3, -0.25) is 9.17 Å². The summed E-state index contributed by atoms with van der Waals surface area (Å²) in [6.07, 6.45) is 3.21. The fourth-order valence-electron chi connectivity index (χ4n) is 1.71. The van der Waals surface area contributed by atoms with E-state index < -0.39 is 0 Å². The molecule has 5 heteroatoms. The first-order valence-electron chi connectivity index (χ1n) is 4.43. The Morgan fingerprint density at radius 3 is 2.85 bits per heavy atom. The van der Waals surface area contributed by atoms with E-state index in [2.05, 4.69) is 9.69 Å². The minimum Gasteiger partial charge on any atom is -0.498 e. The molecule has 1 aromatic heterocycles. The molecule has 1 aliphatic rings. The van der Waals surface area contributed by atoms with E-state index in [1.54, 1.807) is 0 Å². The number of nitrogens with one attached hydrogen (secondary N) is 2. The molecule has 0 amide bonds. The lowest BCUT2D eigenvalue weighted by Crippen LogP contribution is -2.29. The van der Waals surface area contributed by atoms with E-state index in [1.807, 2.05) is 0 Å². The summed E-state index contributed by atoms with van der Waals surface area (Å²) in [6.45, 7) is 0.930. The molecule has 1 unspecified atom stereocenters. The molecule has 1 atom stereocenters. The topological polar surface area (TPSA) is 65.1 Å². The number of H-pyrrole nitrogens is 1. The third kappa shape index (κ3) is 1.62.